The molecule has 1 fully saturated rings. The van der Waals surface area contributed by atoms with Crippen molar-refractivity contribution in [2.24, 2.45) is 0 Å². The van der Waals surface area contributed by atoms with Crippen LogP contribution in [0.1, 0.15) is 25.0 Å². The van der Waals surface area contributed by atoms with Crippen molar-refractivity contribution < 1.29 is 13.9 Å². The van der Waals surface area contributed by atoms with Crippen molar-refractivity contribution in [3.8, 4) is 0 Å². The Morgan fingerprint density at radius 2 is 2.22 bits per heavy atom. The van der Waals surface area contributed by atoms with E-state index in [0.717, 1.165) is 12.1 Å². The molecule has 1 aromatic rings. The molecule has 0 spiro atoms. The maximum absolute atomic E-state index is 13.1. The first-order chi connectivity index (χ1) is 8.46. The van der Waals surface area contributed by atoms with E-state index in [9.17, 15) is 4.39 Å². The molecule has 1 atom stereocenters. The first kappa shape index (κ1) is 13.5. The van der Waals surface area contributed by atoms with Gasteiger partial charge in [0.2, 0.25) is 0 Å². The average molecular weight is 253 g/mol. The van der Waals surface area contributed by atoms with Crippen LogP contribution in [0.15, 0.2) is 18.2 Å². The Hall–Kier alpha value is -0.970. The van der Waals surface area contributed by atoms with Crippen molar-refractivity contribution in [3.05, 3.63) is 35.1 Å². The second-order valence-corrected chi connectivity index (χ2v) is 5.17. The van der Waals surface area contributed by atoms with Gasteiger partial charge in [0.25, 0.3) is 0 Å². The van der Waals surface area contributed by atoms with Crippen LogP contribution in [0, 0.1) is 12.7 Å². The van der Waals surface area contributed by atoms with Gasteiger partial charge in [-0.1, -0.05) is 12.1 Å². The lowest BCUT2D eigenvalue weighted by atomic mass is 10.1. The van der Waals surface area contributed by atoms with E-state index in [0.29, 0.717) is 18.7 Å². The van der Waals surface area contributed by atoms with Crippen molar-refractivity contribution in [1.29, 1.82) is 0 Å². The van der Waals surface area contributed by atoms with Gasteiger partial charge in [-0.2, -0.15) is 0 Å². The number of hydrogen-bond acceptors (Lipinski definition) is 3. The zero-order valence-electron chi connectivity index (χ0n) is 11.1. The van der Waals surface area contributed by atoms with Crippen LogP contribution < -0.4 is 5.32 Å². The standard InChI is InChI=1S/C14H20FNO2/c1-10-6-11(4-5-13(10)15)7-16-8-12-9-17-14(2,3)18-12/h4-6,12,16H,7-9H2,1-3H3. The number of nitrogens with one attached hydrogen (secondary N) is 1. The van der Waals surface area contributed by atoms with Gasteiger partial charge in [0.05, 0.1) is 12.7 Å². The molecule has 4 heteroatoms. The Morgan fingerprint density at radius 1 is 1.44 bits per heavy atom. The largest absolute Gasteiger partial charge is 0.348 e. The molecule has 0 bridgehead atoms. The third kappa shape index (κ3) is 3.51. The number of aryl methyl sites for hydroxylation is 1. The lowest BCUT2D eigenvalue weighted by Crippen LogP contribution is -2.30. The molecule has 0 amide bonds. The molecule has 1 heterocycles. The highest BCUT2D eigenvalue weighted by molar-refractivity contribution is 5.23. The maximum Gasteiger partial charge on any atom is 0.163 e. The lowest BCUT2D eigenvalue weighted by molar-refractivity contribution is -0.137. The molecule has 1 aliphatic heterocycles. The highest BCUT2D eigenvalue weighted by Crippen LogP contribution is 2.21. The van der Waals surface area contributed by atoms with Crippen LogP contribution in [-0.4, -0.2) is 25.0 Å². The first-order valence-electron chi connectivity index (χ1n) is 6.24. The van der Waals surface area contributed by atoms with E-state index in [1.165, 1.54) is 6.07 Å². The molecule has 1 N–H and O–H groups in total. The second kappa shape index (κ2) is 5.34. The number of benzene rings is 1. The molecule has 1 aromatic carbocycles. The second-order valence-electron chi connectivity index (χ2n) is 5.17. The summed E-state index contributed by atoms with van der Waals surface area (Å²) in [5.74, 6) is -0.633. The molecule has 0 aromatic heterocycles. The van der Waals surface area contributed by atoms with Crippen LogP contribution in [0.3, 0.4) is 0 Å². The number of ether oxygens (including phenoxy) is 2. The summed E-state index contributed by atoms with van der Waals surface area (Å²) >= 11 is 0. The number of halogens is 1. The summed E-state index contributed by atoms with van der Waals surface area (Å²) in [5, 5.41) is 3.30. The van der Waals surface area contributed by atoms with Gasteiger partial charge in [-0.15, -0.1) is 0 Å². The van der Waals surface area contributed by atoms with E-state index in [1.54, 1.807) is 13.0 Å². The third-order valence-corrected chi connectivity index (χ3v) is 2.99. The highest BCUT2D eigenvalue weighted by atomic mass is 19.1. The Morgan fingerprint density at radius 3 is 2.83 bits per heavy atom. The topological polar surface area (TPSA) is 30.5 Å². The van der Waals surface area contributed by atoms with Gasteiger partial charge >= 0.3 is 0 Å². The van der Waals surface area contributed by atoms with Crippen LogP contribution in [0.5, 0.6) is 0 Å². The van der Waals surface area contributed by atoms with Crippen molar-refractivity contribution in [2.45, 2.75) is 39.2 Å². The fraction of sp³-hybridized carbons (Fsp3) is 0.571. The van der Waals surface area contributed by atoms with Crippen molar-refractivity contribution >= 4 is 0 Å². The molecule has 1 aliphatic rings. The van der Waals surface area contributed by atoms with Crippen LogP contribution in [0.25, 0.3) is 0 Å². The van der Waals surface area contributed by atoms with Gasteiger partial charge in [0, 0.05) is 13.1 Å². The first-order valence-corrected chi connectivity index (χ1v) is 6.24. The fourth-order valence-electron chi connectivity index (χ4n) is 2.06. The van der Waals surface area contributed by atoms with E-state index >= 15 is 0 Å². The molecule has 18 heavy (non-hydrogen) atoms. The zero-order valence-corrected chi connectivity index (χ0v) is 11.1. The molecule has 1 unspecified atom stereocenters. The monoisotopic (exact) mass is 253 g/mol. The number of hydrogen-bond donors (Lipinski definition) is 1. The molecule has 1 saturated heterocycles. The molecule has 2 rings (SSSR count). The van der Waals surface area contributed by atoms with E-state index in [1.807, 2.05) is 19.9 Å². The van der Waals surface area contributed by atoms with Gasteiger partial charge in [-0.25, -0.2) is 4.39 Å². The summed E-state index contributed by atoms with van der Waals surface area (Å²) < 4.78 is 24.3. The fourth-order valence-corrected chi connectivity index (χ4v) is 2.06. The Balaban J connectivity index is 1.77. The van der Waals surface area contributed by atoms with E-state index in [2.05, 4.69) is 5.32 Å². The quantitative estimate of drug-likeness (QED) is 0.893. The van der Waals surface area contributed by atoms with Gasteiger partial charge < -0.3 is 14.8 Å². The zero-order chi connectivity index (χ0) is 13.2. The third-order valence-electron chi connectivity index (χ3n) is 2.99. The molecule has 0 aliphatic carbocycles. The average Bonchev–Trinajstić information content (AvgIpc) is 2.63. The van der Waals surface area contributed by atoms with Crippen LogP contribution in [-0.2, 0) is 16.0 Å². The van der Waals surface area contributed by atoms with Gasteiger partial charge in [0.1, 0.15) is 5.82 Å². The number of rotatable bonds is 4. The van der Waals surface area contributed by atoms with E-state index < -0.39 is 5.79 Å². The summed E-state index contributed by atoms with van der Waals surface area (Å²) in [6.45, 7) is 7.66. The van der Waals surface area contributed by atoms with E-state index in [-0.39, 0.29) is 11.9 Å². The van der Waals surface area contributed by atoms with E-state index in [4.69, 9.17) is 9.47 Å². The van der Waals surface area contributed by atoms with Crippen LogP contribution >= 0.6 is 0 Å². The Labute approximate surface area is 107 Å². The summed E-state index contributed by atoms with van der Waals surface area (Å²) in [6.07, 6.45) is 0.0848. The Kier molecular flexibility index (Phi) is 4.00. The molecular weight excluding hydrogens is 233 g/mol. The molecular formula is C14H20FNO2. The molecule has 0 saturated carbocycles. The minimum atomic E-state index is -0.473. The van der Waals surface area contributed by atoms with Crippen molar-refractivity contribution in [1.82, 2.24) is 5.32 Å². The summed E-state index contributed by atoms with van der Waals surface area (Å²) in [6, 6.07) is 5.16. The molecule has 0 radical (unpaired) electrons. The minimum Gasteiger partial charge on any atom is -0.348 e. The SMILES string of the molecule is Cc1cc(CNCC2COC(C)(C)O2)ccc1F. The van der Waals surface area contributed by atoms with Crippen LogP contribution in [0.4, 0.5) is 4.39 Å². The van der Waals surface area contributed by atoms with Gasteiger partial charge in [-0.3, -0.25) is 0 Å². The Bertz CT molecular complexity index is 420. The highest BCUT2D eigenvalue weighted by Gasteiger charge is 2.32. The summed E-state index contributed by atoms with van der Waals surface area (Å²) in [5.41, 5.74) is 1.75. The normalized spacial score (nSPS) is 22.3. The van der Waals surface area contributed by atoms with Crippen molar-refractivity contribution in [3.63, 3.8) is 0 Å². The van der Waals surface area contributed by atoms with Gasteiger partial charge in [-0.05, 0) is 38.0 Å². The predicted octanol–water partition coefficient (Wildman–Crippen LogP) is 2.38. The minimum absolute atomic E-state index is 0.0848. The van der Waals surface area contributed by atoms with Crippen molar-refractivity contribution in [2.75, 3.05) is 13.2 Å². The lowest BCUT2D eigenvalue weighted by Gasteiger charge is -2.17. The summed E-state index contributed by atoms with van der Waals surface area (Å²) in [7, 11) is 0. The molecule has 3 nitrogen and oxygen atoms in total. The predicted molar refractivity (Wildman–Crippen MR) is 67.7 cm³/mol. The maximum atomic E-state index is 13.1. The summed E-state index contributed by atoms with van der Waals surface area (Å²) in [4.78, 5) is 0. The molecule has 100 valence electrons. The smallest absolute Gasteiger partial charge is 0.163 e. The van der Waals surface area contributed by atoms with Gasteiger partial charge in [0.15, 0.2) is 5.79 Å². The van der Waals surface area contributed by atoms with Crippen LogP contribution in [0.2, 0.25) is 0 Å².